The molecule has 178 valence electrons. The molecule has 0 unspecified atom stereocenters. The molecule has 1 saturated heterocycles. The zero-order valence-corrected chi connectivity index (χ0v) is 21.6. The molecule has 4 aromatic rings. The highest BCUT2D eigenvalue weighted by molar-refractivity contribution is 7.80. The Labute approximate surface area is 212 Å². The Morgan fingerprint density at radius 1 is 0.943 bits per heavy atom. The molecule has 0 bridgehead atoms. The number of hydrogen-bond acceptors (Lipinski definition) is 3. The van der Waals surface area contributed by atoms with Gasteiger partial charge in [-0.2, -0.15) is 0 Å². The summed E-state index contributed by atoms with van der Waals surface area (Å²) in [4.78, 5) is 6.90. The molecule has 0 spiro atoms. The first-order chi connectivity index (χ1) is 16.9. The van der Waals surface area contributed by atoms with Gasteiger partial charge in [0.25, 0.3) is 0 Å². The molecular weight excluding hydrogens is 452 g/mol. The van der Waals surface area contributed by atoms with Crippen LogP contribution in [0.4, 0.5) is 5.69 Å². The van der Waals surface area contributed by atoms with Crippen LogP contribution in [-0.4, -0.2) is 21.8 Å². The smallest absolute Gasteiger partial charge is 0.174 e. The van der Waals surface area contributed by atoms with E-state index >= 15 is 0 Å². The van der Waals surface area contributed by atoms with Crippen molar-refractivity contribution in [1.29, 1.82) is 0 Å². The van der Waals surface area contributed by atoms with Gasteiger partial charge in [-0.1, -0.05) is 24.3 Å². The Morgan fingerprint density at radius 3 is 2.49 bits per heavy atom. The van der Waals surface area contributed by atoms with Crippen molar-refractivity contribution in [2.45, 2.75) is 39.8 Å². The fraction of sp³-hybridized carbons (Fsp3) is 0.241. The van der Waals surface area contributed by atoms with Crippen LogP contribution in [0.2, 0.25) is 0 Å². The molecule has 1 N–H and O–H groups in total. The molecule has 0 aliphatic carbocycles. The maximum atomic E-state index is 5.91. The fourth-order valence-electron chi connectivity index (χ4n) is 5.14. The molecule has 2 aromatic carbocycles. The van der Waals surface area contributed by atoms with Crippen LogP contribution in [0.25, 0.3) is 5.69 Å². The molecule has 3 heterocycles. The number of pyridine rings is 1. The van der Waals surface area contributed by atoms with Gasteiger partial charge in [0.05, 0.1) is 24.9 Å². The van der Waals surface area contributed by atoms with Crippen LogP contribution in [0.1, 0.15) is 45.9 Å². The van der Waals surface area contributed by atoms with Crippen molar-refractivity contribution < 1.29 is 4.74 Å². The largest absolute Gasteiger partial charge is 0.497 e. The Morgan fingerprint density at radius 2 is 1.74 bits per heavy atom. The Hall–Kier alpha value is -3.64. The van der Waals surface area contributed by atoms with Crippen molar-refractivity contribution in [2.75, 3.05) is 12.0 Å². The third kappa shape index (κ3) is 3.98. The van der Waals surface area contributed by atoms with E-state index in [0.717, 1.165) is 17.1 Å². The van der Waals surface area contributed by atoms with Crippen molar-refractivity contribution in [3.05, 3.63) is 107 Å². The second-order valence-corrected chi connectivity index (χ2v) is 9.47. The molecule has 35 heavy (non-hydrogen) atoms. The number of methoxy groups -OCH3 is 1. The van der Waals surface area contributed by atoms with Crippen LogP contribution in [0.3, 0.4) is 0 Å². The molecular formula is C29H30N4OS. The van der Waals surface area contributed by atoms with Crippen molar-refractivity contribution in [3.8, 4) is 11.4 Å². The molecule has 2 atom stereocenters. The lowest BCUT2D eigenvalue weighted by atomic mass is 9.96. The summed E-state index contributed by atoms with van der Waals surface area (Å²) in [5.41, 5.74) is 9.33. The number of anilines is 1. The van der Waals surface area contributed by atoms with E-state index in [1.54, 1.807) is 7.11 Å². The average Bonchev–Trinajstić information content (AvgIpc) is 3.36. The molecule has 1 aliphatic heterocycles. The number of aryl methyl sites for hydroxylation is 2. The minimum Gasteiger partial charge on any atom is -0.497 e. The van der Waals surface area contributed by atoms with E-state index in [-0.39, 0.29) is 12.1 Å². The maximum Gasteiger partial charge on any atom is 0.174 e. The highest BCUT2D eigenvalue weighted by Gasteiger charge is 2.42. The topological polar surface area (TPSA) is 42.3 Å². The number of hydrogen-bond donors (Lipinski definition) is 1. The van der Waals surface area contributed by atoms with E-state index in [1.807, 2.05) is 36.5 Å². The summed E-state index contributed by atoms with van der Waals surface area (Å²) in [7, 11) is 1.69. The average molecular weight is 483 g/mol. The molecule has 0 saturated carbocycles. The maximum absolute atomic E-state index is 5.91. The first-order valence-electron chi connectivity index (χ1n) is 11.8. The number of rotatable bonds is 5. The van der Waals surface area contributed by atoms with Crippen LogP contribution in [0, 0.1) is 27.7 Å². The Kier molecular flexibility index (Phi) is 6.07. The molecule has 5 rings (SSSR count). The van der Waals surface area contributed by atoms with Crippen LogP contribution in [0.15, 0.2) is 72.9 Å². The second-order valence-electron chi connectivity index (χ2n) is 9.08. The molecule has 0 amide bonds. The molecule has 6 heteroatoms. The lowest BCUT2D eigenvalue weighted by Gasteiger charge is -2.28. The predicted octanol–water partition coefficient (Wildman–Crippen LogP) is 6.29. The normalized spacial score (nSPS) is 17.5. The Balaban J connectivity index is 1.70. The predicted molar refractivity (Wildman–Crippen MR) is 146 cm³/mol. The van der Waals surface area contributed by atoms with Crippen molar-refractivity contribution in [1.82, 2.24) is 14.9 Å². The van der Waals surface area contributed by atoms with Crippen LogP contribution in [-0.2, 0) is 0 Å². The van der Waals surface area contributed by atoms with Gasteiger partial charge in [0.15, 0.2) is 5.11 Å². The minimum atomic E-state index is -0.0949. The minimum absolute atomic E-state index is 0.0745. The summed E-state index contributed by atoms with van der Waals surface area (Å²) in [5, 5.41) is 4.24. The van der Waals surface area contributed by atoms with Crippen LogP contribution >= 0.6 is 12.2 Å². The highest BCUT2D eigenvalue weighted by Crippen LogP contribution is 2.44. The molecule has 5 nitrogen and oxygen atoms in total. The summed E-state index contributed by atoms with van der Waals surface area (Å²) in [6.07, 6.45) is 1.84. The Bertz CT molecular complexity index is 1400. The summed E-state index contributed by atoms with van der Waals surface area (Å²) < 4.78 is 7.88. The number of nitrogens with zero attached hydrogens (tertiary/aromatic N) is 3. The molecule has 2 aromatic heterocycles. The van der Waals surface area contributed by atoms with E-state index in [0.29, 0.717) is 5.11 Å². The number of aromatic nitrogens is 2. The van der Waals surface area contributed by atoms with Crippen LogP contribution < -0.4 is 15.0 Å². The van der Waals surface area contributed by atoms with Crippen molar-refractivity contribution >= 4 is 23.0 Å². The van der Waals surface area contributed by atoms with Gasteiger partial charge in [-0.15, -0.1) is 0 Å². The number of nitrogens with one attached hydrogen (secondary N) is 1. The van der Waals surface area contributed by atoms with E-state index < -0.39 is 0 Å². The number of benzene rings is 2. The highest BCUT2D eigenvalue weighted by atomic mass is 32.1. The van der Waals surface area contributed by atoms with Gasteiger partial charge in [-0.25, -0.2) is 0 Å². The lowest BCUT2D eigenvalue weighted by molar-refractivity contribution is 0.415. The van der Waals surface area contributed by atoms with Gasteiger partial charge in [0.1, 0.15) is 5.75 Å². The molecule has 0 radical (unpaired) electrons. The van der Waals surface area contributed by atoms with E-state index in [4.69, 9.17) is 21.9 Å². The third-order valence-corrected chi connectivity index (χ3v) is 7.35. The second kappa shape index (κ2) is 9.19. The van der Waals surface area contributed by atoms with Gasteiger partial charge in [-0.05, 0) is 93.0 Å². The molecule has 1 aliphatic rings. The van der Waals surface area contributed by atoms with Gasteiger partial charge >= 0.3 is 0 Å². The molecule has 1 fully saturated rings. The summed E-state index contributed by atoms with van der Waals surface area (Å²) in [6, 6.07) is 22.7. The van der Waals surface area contributed by atoms with Gasteiger partial charge < -0.3 is 19.5 Å². The van der Waals surface area contributed by atoms with Crippen molar-refractivity contribution in [2.24, 2.45) is 0 Å². The zero-order chi connectivity index (χ0) is 24.7. The lowest BCUT2D eigenvalue weighted by Crippen LogP contribution is -2.29. The van der Waals surface area contributed by atoms with E-state index in [9.17, 15) is 0 Å². The van der Waals surface area contributed by atoms with E-state index in [1.165, 1.54) is 33.8 Å². The number of ether oxygens (including phenoxy) is 1. The van der Waals surface area contributed by atoms with Gasteiger partial charge in [0.2, 0.25) is 0 Å². The monoisotopic (exact) mass is 482 g/mol. The summed E-state index contributed by atoms with van der Waals surface area (Å²) >= 11 is 5.91. The first kappa shape index (κ1) is 23.1. The first-order valence-corrected chi connectivity index (χ1v) is 12.2. The van der Waals surface area contributed by atoms with Gasteiger partial charge in [-0.3, -0.25) is 4.98 Å². The number of thiocarbonyl (C=S) groups is 1. The summed E-state index contributed by atoms with van der Waals surface area (Å²) in [6.45, 7) is 8.72. The quantitative estimate of drug-likeness (QED) is 0.339. The summed E-state index contributed by atoms with van der Waals surface area (Å²) in [5.74, 6) is 0.797. The zero-order valence-electron chi connectivity index (χ0n) is 20.7. The van der Waals surface area contributed by atoms with Gasteiger partial charge in [0, 0.05) is 35.0 Å². The van der Waals surface area contributed by atoms with E-state index in [2.05, 4.69) is 78.9 Å². The third-order valence-electron chi connectivity index (χ3n) is 7.04. The fourth-order valence-corrected chi connectivity index (χ4v) is 5.49. The standard InChI is InChI=1S/C29H30N4OS/c1-18-10-8-14-26(20(18)3)32-19(2)16-24(21(32)4)28-27(25-13-6-7-15-30-25)31-29(35)33(28)22-11-9-12-23(17-22)34-5/h6-17,27-28H,1-5H3,(H,31,35)/t27-,28-/m1/s1. The van der Waals surface area contributed by atoms with Crippen LogP contribution in [0.5, 0.6) is 5.75 Å². The van der Waals surface area contributed by atoms with Crippen molar-refractivity contribution in [3.63, 3.8) is 0 Å². The SMILES string of the molecule is COc1cccc(N2C(=S)N[C@H](c3ccccn3)[C@H]2c2cc(C)n(-c3cccc(C)c3C)c2C)c1.